The number of carbonyl (C=O) groups excluding carboxylic acids is 1. The lowest BCUT2D eigenvalue weighted by Gasteiger charge is -2.36. The van der Waals surface area contributed by atoms with E-state index < -0.39 is 0 Å². The van der Waals surface area contributed by atoms with E-state index in [1.165, 1.54) is 12.1 Å². The normalized spacial score (nSPS) is 16.1. The summed E-state index contributed by atoms with van der Waals surface area (Å²) >= 11 is 1.61. The first kappa shape index (κ1) is 27.5. The number of hydrogen-bond donors (Lipinski definition) is 1. The Morgan fingerprint density at radius 1 is 1.06 bits per heavy atom. The van der Waals surface area contributed by atoms with Crippen molar-refractivity contribution in [2.45, 2.75) is 38.3 Å². The SMILES string of the molecule is CSNCCCC1CCN(C(C)c2ccc(-c3ccc(=O)n(C)c3)cc2)C(=O)O1.Fc1ccccc1. The molecule has 1 amide bonds. The molecular formula is C28H34FN3O3S. The van der Waals surface area contributed by atoms with E-state index in [0.29, 0.717) is 6.54 Å². The molecule has 1 aromatic heterocycles. The van der Waals surface area contributed by atoms with Crippen LogP contribution in [0.3, 0.4) is 0 Å². The average Bonchev–Trinajstić information content (AvgIpc) is 2.89. The van der Waals surface area contributed by atoms with Gasteiger partial charge in [0.25, 0.3) is 0 Å². The van der Waals surface area contributed by atoms with Crippen LogP contribution >= 0.6 is 11.9 Å². The van der Waals surface area contributed by atoms with Gasteiger partial charge in [-0.1, -0.05) is 54.4 Å². The molecular weight excluding hydrogens is 477 g/mol. The minimum absolute atomic E-state index is 0.0155. The van der Waals surface area contributed by atoms with E-state index >= 15 is 0 Å². The molecule has 2 atom stereocenters. The maximum Gasteiger partial charge on any atom is 0.410 e. The quantitative estimate of drug-likeness (QED) is 0.306. The van der Waals surface area contributed by atoms with Gasteiger partial charge in [0.05, 0.1) is 6.04 Å². The minimum Gasteiger partial charge on any atom is -0.446 e. The van der Waals surface area contributed by atoms with E-state index in [2.05, 4.69) is 4.72 Å². The molecule has 0 aliphatic carbocycles. The number of benzene rings is 2. The summed E-state index contributed by atoms with van der Waals surface area (Å²) in [5, 5.41) is 0. The standard InChI is InChI=1S/C22H29N3O3S.C6H5F/c1-16(25-14-12-20(28-22(25)27)5-4-13-23-29-3)17-6-8-18(9-7-17)19-10-11-21(26)24(2)15-19;7-6-4-2-1-3-5-6/h6-11,15-16,20,23H,4-5,12-14H2,1-3H3;1-5H. The fourth-order valence-corrected chi connectivity index (χ4v) is 4.36. The Morgan fingerprint density at radius 3 is 2.33 bits per heavy atom. The smallest absolute Gasteiger partial charge is 0.410 e. The Balaban J connectivity index is 0.000000444. The highest BCUT2D eigenvalue weighted by molar-refractivity contribution is 7.96. The van der Waals surface area contributed by atoms with E-state index in [-0.39, 0.29) is 29.6 Å². The topological polar surface area (TPSA) is 63.6 Å². The van der Waals surface area contributed by atoms with Crippen LogP contribution in [0.15, 0.2) is 77.7 Å². The number of carbonyl (C=O) groups is 1. The first-order chi connectivity index (χ1) is 17.4. The highest BCUT2D eigenvalue weighted by Gasteiger charge is 2.30. The van der Waals surface area contributed by atoms with Crippen LogP contribution in [0, 0.1) is 5.82 Å². The fraction of sp³-hybridized carbons (Fsp3) is 0.357. The van der Waals surface area contributed by atoms with Crippen molar-refractivity contribution in [2.24, 2.45) is 7.05 Å². The number of cyclic esters (lactones) is 1. The third kappa shape index (κ3) is 7.96. The lowest BCUT2D eigenvalue weighted by atomic mass is 10.0. The van der Waals surface area contributed by atoms with Crippen LogP contribution < -0.4 is 10.3 Å². The lowest BCUT2D eigenvalue weighted by Crippen LogP contribution is -2.43. The molecule has 2 aromatic carbocycles. The molecule has 1 saturated heterocycles. The van der Waals surface area contributed by atoms with Gasteiger partial charge in [0, 0.05) is 38.8 Å². The van der Waals surface area contributed by atoms with Crippen molar-refractivity contribution < 1.29 is 13.9 Å². The van der Waals surface area contributed by atoms with E-state index in [0.717, 1.165) is 42.5 Å². The van der Waals surface area contributed by atoms with Crippen LogP contribution in [0.25, 0.3) is 11.1 Å². The third-order valence-electron chi connectivity index (χ3n) is 6.16. The van der Waals surface area contributed by atoms with Gasteiger partial charge in [0.2, 0.25) is 5.56 Å². The average molecular weight is 512 g/mol. The highest BCUT2D eigenvalue weighted by Crippen LogP contribution is 2.28. The zero-order valence-electron chi connectivity index (χ0n) is 21.0. The van der Waals surface area contributed by atoms with Crippen LogP contribution in [-0.4, -0.2) is 41.0 Å². The van der Waals surface area contributed by atoms with Crippen molar-refractivity contribution >= 4 is 18.0 Å². The van der Waals surface area contributed by atoms with Gasteiger partial charge in [-0.15, -0.1) is 0 Å². The van der Waals surface area contributed by atoms with E-state index in [1.54, 1.807) is 52.7 Å². The highest BCUT2D eigenvalue weighted by atomic mass is 32.2. The Bertz CT molecular complexity index is 1150. The summed E-state index contributed by atoms with van der Waals surface area (Å²) in [4.78, 5) is 25.9. The maximum absolute atomic E-state index is 12.5. The summed E-state index contributed by atoms with van der Waals surface area (Å²) in [6.07, 6.45) is 6.39. The molecule has 1 fully saturated rings. The number of nitrogens with zero attached hydrogens (tertiary/aromatic N) is 2. The monoisotopic (exact) mass is 511 g/mol. The maximum atomic E-state index is 12.5. The molecule has 4 rings (SSSR count). The first-order valence-electron chi connectivity index (χ1n) is 12.1. The number of pyridine rings is 1. The summed E-state index contributed by atoms with van der Waals surface area (Å²) < 4.78 is 22.4. The molecule has 2 unspecified atom stereocenters. The zero-order chi connectivity index (χ0) is 25.9. The number of nitrogens with one attached hydrogen (secondary N) is 1. The molecule has 1 N–H and O–H groups in total. The molecule has 0 saturated carbocycles. The van der Waals surface area contributed by atoms with Crippen molar-refractivity contribution in [1.82, 2.24) is 14.2 Å². The second-order valence-corrected chi connectivity index (χ2v) is 9.39. The predicted octanol–water partition coefficient (Wildman–Crippen LogP) is 5.80. The number of ether oxygens (including phenoxy) is 1. The molecule has 1 aliphatic rings. The molecule has 192 valence electrons. The fourth-order valence-electron chi connectivity index (χ4n) is 4.02. The molecule has 36 heavy (non-hydrogen) atoms. The molecule has 3 aromatic rings. The molecule has 0 spiro atoms. The van der Waals surface area contributed by atoms with E-state index in [4.69, 9.17) is 4.74 Å². The van der Waals surface area contributed by atoms with Gasteiger partial charge in [0.15, 0.2) is 0 Å². The number of halogens is 1. The Morgan fingerprint density at radius 2 is 1.75 bits per heavy atom. The third-order valence-corrected chi connectivity index (χ3v) is 6.65. The number of hydrogen-bond acceptors (Lipinski definition) is 5. The van der Waals surface area contributed by atoms with Gasteiger partial charge in [0.1, 0.15) is 11.9 Å². The van der Waals surface area contributed by atoms with Crippen molar-refractivity contribution in [1.29, 1.82) is 0 Å². The van der Waals surface area contributed by atoms with Crippen LogP contribution in [-0.2, 0) is 11.8 Å². The van der Waals surface area contributed by atoms with Gasteiger partial charge in [-0.25, -0.2) is 9.18 Å². The van der Waals surface area contributed by atoms with Gasteiger partial charge in [-0.2, -0.15) is 0 Å². The van der Waals surface area contributed by atoms with Crippen molar-refractivity contribution in [2.75, 3.05) is 19.3 Å². The van der Waals surface area contributed by atoms with Gasteiger partial charge < -0.3 is 14.2 Å². The van der Waals surface area contributed by atoms with E-state index in [9.17, 15) is 14.0 Å². The summed E-state index contributed by atoms with van der Waals surface area (Å²) in [6, 6.07) is 19.4. The zero-order valence-corrected chi connectivity index (χ0v) is 21.8. The molecule has 8 heteroatoms. The summed E-state index contributed by atoms with van der Waals surface area (Å²) in [5.41, 5.74) is 3.07. The number of rotatable bonds is 8. The summed E-state index contributed by atoms with van der Waals surface area (Å²) in [7, 11) is 1.75. The molecule has 0 bridgehead atoms. The molecule has 2 heterocycles. The van der Waals surface area contributed by atoms with Crippen LogP contribution in [0.1, 0.15) is 37.8 Å². The number of aryl methyl sites for hydroxylation is 1. The van der Waals surface area contributed by atoms with Crippen LogP contribution in [0.5, 0.6) is 0 Å². The number of amides is 1. The second-order valence-electron chi connectivity index (χ2n) is 8.69. The molecule has 6 nitrogen and oxygen atoms in total. The molecule has 0 radical (unpaired) electrons. The summed E-state index contributed by atoms with van der Waals surface area (Å²) in [5.74, 6) is -0.178. The summed E-state index contributed by atoms with van der Waals surface area (Å²) in [6.45, 7) is 3.67. The van der Waals surface area contributed by atoms with E-state index in [1.807, 2.05) is 49.7 Å². The first-order valence-corrected chi connectivity index (χ1v) is 13.3. The number of aromatic nitrogens is 1. The predicted molar refractivity (Wildman–Crippen MR) is 144 cm³/mol. The molecule has 1 aliphatic heterocycles. The Labute approximate surface area is 216 Å². The minimum atomic E-state index is -0.228. The van der Waals surface area contributed by atoms with Crippen molar-refractivity contribution in [3.63, 3.8) is 0 Å². The van der Waals surface area contributed by atoms with Crippen molar-refractivity contribution in [3.05, 3.63) is 94.7 Å². The van der Waals surface area contributed by atoms with Crippen molar-refractivity contribution in [3.8, 4) is 11.1 Å². The largest absolute Gasteiger partial charge is 0.446 e. The van der Waals surface area contributed by atoms with Crippen LogP contribution in [0.4, 0.5) is 9.18 Å². The Hall–Kier alpha value is -3.10. The lowest BCUT2D eigenvalue weighted by molar-refractivity contribution is 0.00943. The van der Waals surface area contributed by atoms with Gasteiger partial charge in [-0.3, -0.25) is 9.52 Å². The second kappa shape index (κ2) is 13.8. The van der Waals surface area contributed by atoms with Gasteiger partial charge in [-0.05, 0) is 60.9 Å². The Kier molecular flexibility index (Phi) is 10.6. The van der Waals surface area contributed by atoms with Crippen LogP contribution in [0.2, 0.25) is 0 Å². The van der Waals surface area contributed by atoms with Gasteiger partial charge >= 0.3 is 6.09 Å².